The van der Waals surface area contributed by atoms with Crippen LogP contribution in [-0.2, 0) is 4.79 Å². The molecule has 0 saturated carbocycles. The van der Waals surface area contributed by atoms with E-state index in [0.717, 1.165) is 4.90 Å². The highest BCUT2D eigenvalue weighted by molar-refractivity contribution is 6.21. The predicted molar refractivity (Wildman–Crippen MR) is 112 cm³/mol. The second kappa shape index (κ2) is 8.59. The number of nitrogens with zero attached hydrogens (tertiary/aromatic N) is 3. The SMILES string of the molecule is O=C(CCN1C(=O)c2ccccc2C1=O)N1CCCN(C(=O)c2cccc(O)c2)CC1. The van der Waals surface area contributed by atoms with Gasteiger partial charge >= 0.3 is 0 Å². The van der Waals surface area contributed by atoms with E-state index in [9.17, 15) is 24.3 Å². The third kappa shape index (κ3) is 4.14. The van der Waals surface area contributed by atoms with Crippen molar-refractivity contribution in [3.63, 3.8) is 0 Å². The van der Waals surface area contributed by atoms with E-state index in [1.54, 1.807) is 46.2 Å². The third-order valence-corrected chi connectivity index (χ3v) is 5.66. The van der Waals surface area contributed by atoms with Gasteiger partial charge in [-0.25, -0.2) is 0 Å². The van der Waals surface area contributed by atoms with Gasteiger partial charge in [0.15, 0.2) is 0 Å². The first-order chi connectivity index (χ1) is 15.0. The normalized spacial score (nSPS) is 16.3. The molecule has 0 atom stereocenters. The molecule has 0 aliphatic carbocycles. The van der Waals surface area contributed by atoms with Crippen molar-refractivity contribution in [1.29, 1.82) is 0 Å². The van der Waals surface area contributed by atoms with Gasteiger partial charge in [0.25, 0.3) is 17.7 Å². The summed E-state index contributed by atoms with van der Waals surface area (Å²) in [6.45, 7) is 1.81. The summed E-state index contributed by atoms with van der Waals surface area (Å²) in [5.74, 6) is -1.04. The fraction of sp³-hybridized carbons (Fsp3) is 0.304. The molecule has 8 nitrogen and oxygen atoms in total. The van der Waals surface area contributed by atoms with Gasteiger partial charge in [-0.2, -0.15) is 0 Å². The summed E-state index contributed by atoms with van der Waals surface area (Å²) < 4.78 is 0. The molecular formula is C23H23N3O5. The molecule has 2 aromatic carbocycles. The molecule has 2 aliphatic heterocycles. The second-order valence-electron chi connectivity index (χ2n) is 7.63. The predicted octanol–water partition coefficient (Wildman–Crippen LogP) is 1.75. The number of rotatable bonds is 4. The molecule has 4 amide bonds. The average molecular weight is 421 g/mol. The molecule has 8 heteroatoms. The molecule has 31 heavy (non-hydrogen) atoms. The monoisotopic (exact) mass is 421 g/mol. The number of phenols is 1. The van der Waals surface area contributed by atoms with Crippen LogP contribution in [0.1, 0.15) is 43.9 Å². The Balaban J connectivity index is 1.33. The standard InChI is InChI=1S/C23H23N3O5/c27-17-6-3-5-16(15-17)21(29)25-11-4-10-24(13-14-25)20(28)9-12-26-22(30)18-7-1-2-8-19(18)23(26)31/h1-3,5-8,15,27H,4,9-14H2. The van der Waals surface area contributed by atoms with Crippen LogP contribution in [0.5, 0.6) is 5.75 Å². The van der Waals surface area contributed by atoms with Crippen molar-refractivity contribution >= 4 is 23.6 Å². The van der Waals surface area contributed by atoms with Gasteiger partial charge in [0.05, 0.1) is 11.1 Å². The minimum absolute atomic E-state index is 0.0330. The summed E-state index contributed by atoms with van der Waals surface area (Å²) in [6, 6.07) is 12.9. The Bertz CT molecular complexity index is 1020. The maximum Gasteiger partial charge on any atom is 0.261 e. The van der Waals surface area contributed by atoms with Crippen LogP contribution >= 0.6 is 0 Å². The zero-order valence-electron chi connectivity index (χ0n) is 17.0. The van der Waals surface area contributed by atoms with Crippen molar-refractivity contribution in [2.75, 3.05) is 32.7 Å². The first kappa shape index (κ1) is 20.6. The molecule has 0 aromatic heterocycles. The van der Waals surface area contributed by atoms with E-state index in [1.807, 2.05) is 0 Å². The maximum atomic E-state index is 12.7. The summed E-state index contributed by atoms with van der Waals surface area (Å²) in [5.41, 5.74) is 1.15. The lowest BCUT2D eigenvalue weighted by Crippen LogP contribution is -2.39. The number of amides is 4. The maximum absolute atomic E-state index is 12.7. The van der Waals surface area contributed by atoms with Crippen molar-refractivity contribution in [2.45, 2.75) is 12.8 Å². The molecule has 1 N–H and O–H groups in total. The fourth-order valence-electron chi connectivity index (χ4n) is 4.00. The lowest BCUT2D eigenvalue weighted by atomic mass is 10.1. The molecule has 2 heterocycles. The van der Waals surface area contributed by atoms with Crippen LogP contribution in [0, 0.1) is 0 Å². The lowest BCUT2D eigenvalue weighted by Gasteiger charge is -2.23. The lowest BCUT2D eigenvalue weighted by molar-refractivity contribution is -0.131. The topological polar surface area (TPSA) is 98.2 Å². The van der Waals surface area contributed by atoms with Gasteiger partial charge in [-0.1, -0.05) is 18.2 Å². The van der Waals surface area contributed by atoms with Gasteiger partial charge in [-0.05, 0) is 36.8 Å². The van der Waals surface area contributed by atoms with E-state index < -0.39 is 0 Å². The number of hydrogen-bond acceptors (Lipinski definition) is 5. The number of aromatic hydroxyl groups is 1. The molecule has 160 valence electrons. The van der Waals surface area contributed by atoms with E-state index >= 15 is 0 Å². The highest BCUT2D eigenvalue weighted by atomic mass is 16.3. The Labute approximate surface area is 179 Å². The van der Waals surface area contributed by atoms with Gasteiger partial charge < -0.3 is 14.9 Å². The average Bonchev–Trinajstić information content (AvgIpc) is 2.94. The molecule has 1 fully saturated rings. The van der Waals surface area contributed by atoms with E-state index in [1.165, 1.54) is 12.1 Å². The first-order valence-corrected chi connectivity index (χ1v) is 10.3. The molecule has 1 saturated heterocycles. The van der Waals surface area contributed by atoms with Crippen molar-refractivity contribution in [3.8, 4) is 5.75 Å². The van der Waals surface area contributed by atoms with Crippen LogP contribution in [-0.4, -0.2) is 76.2 Å². The number of imide groups is 1. The fourth-order valence-corrected chi connectivity index (χ4v) is 4.00. The molecule has 0 spiro atoms. The Morgan fingerprint density at radius 3 is 2.16 bits per heavy atom. The van der Waals surface area contributed by atoms with Crippen molar-refractivity contribution < 1.29 is 24.3 Å². The molecule has 0 radical (unpaired) electrons. The van der Waals surface area contributed by atoms with Gasteiger partial charge in [0, 0.05) is 44.7 Å². The van der Waals surface area contributed by atoms with Crippen LogP contribution in [0.4, 0.5) is 0 Å². The number of carbonyl (C=O) groups is 4. The van der Waals surface area contributed by atoms with Crippen molar-refractivity contribution in [1.82, 2.24) is 14.7 Å². The summed E-state index contributed by atoms with van der Waals surface area (Å²) in [6.07, 6.45) is 0.676. The second-order valence-corrected chi connectivity index (χ2v) is 7.63. The summed E-state index contributed by atoms with van der Waals surface area (Å²) >= 11 is 0. The Morgan fingerprint density at radius 1 is 0.839 bits per heavy atom. The van der Waals surface area contributed by atoms with Gasteiger partial charge in [0.1, 0.15) is 5.75 Å². The number of hydrogen-bond donors (Lipinski definition) is 1. The summed E-state index contributed by atoms with van der Waals surface area (Å²) in [4.78, 5) is 54.8. The summed E-state index contributed by atoms with van der Waals surface area (Å²) in [5, 5.41) is 9.60. The quantitative estimate of drug-likeness (QED) is 0.759. The van der Waals surface area contributed by atoms with Crippen LogP contribution in [0.15, 0.2) is 48.5 Å². The molecule has 0 bridgehead atoms. The zero-order chi connectivity index (χ0) is 22.0. The Hall–Kier alpha value is -3.68. The van der Waals surface area contributed by atoms with Crippen LogP contribution in [0.2, 0.25) is 0 Å². The number of fused-ring (bicyclic) bond motifs is 1. The largest absolute Gasteiger partial charge is 0.508 e. The van der Waals surface area contributed by atoms with E-state index in [4.69, 9.17) is 0 Å². The van der Waals surface area contributed by atoms with Crippen molar-refractivity contribution in [2.24, 2.45) is 0 Å². The first-order valence-electron chi connectivity index (χ1n) is 10.3. The highest BCUT2D eigenvalue weighted by Crippen LogP contribution is 2.22. The van der Waals surface area contributed by atoms with Gasteiger partial charge in [-0.15, -0.1) is 0 Å². The highest BCUT2D eigenvalue weighted by Gasteiger charge is 2.35. The third-order valence-electron chi connectivity index (χ3n) is 5.66. The Kier molecular flexibility index (Phi) is 5.70. The van der Waals surface area contributed by atoms with Crippen LogP contribution < -0.4 is 0 Å². The minimum Gasteiger partial charge on any atom is -0.508 e. The number of phenolic OH excluding ortho intramolecular Hbond substituents is 1. The van der Waals surface area contributed by atoms with Crippen LogP contribution in [0.25, 0.3) is 0 Å². The van der Waals surface area contributed by atoms with Gasteiger partial charge in [-0.3, -0.25) is 24.1 Å². The molecule has 4 rings (SSSR count). The van der Waals surface area contributed by atoms with E-state index in [-0.39, 0.29) is 42.3 Å². The zero-order valence-corrected chi connectivity index (χ0v) is 17.0. The van der Waals surface area contributed by atoms with Gasteiger partial charge in [0.2, 0.25) is 5.91 Å². The molecule has 0 unspecified atom stereocenters. The van der Waals surface area contributed by atoms with Crippen molar-refractivity contribution in [3.05, 3.63) is 65.2 Å². The van der Waals surface area contributed by atoms with E-state index in [2.05, 4.69) is 0 Å². The Morgan fingerprint density at radius 2 is 1.48 bits per heavy atom. The number of benzene rings is 2. The molecule has 2 aromatic rings. The number of carbonyl (C=O) groups excluding carboxylic acids is 4. The van der Waals surface area contributed by atoms with E-state index in [0.29, 0.717) is 49.3 Å². The molecular weight excluding hydrogens is 398 g/mol. The smallest absolute Gasteiger partial charge is 0.261 e. The summed E-state index contributed by atoms with van der Waals surface area (Å²) in [7, 11) is 0. The molecule has 2 aliphatic rings. The van der Waals surface area contributed by atoms with Crippen LogP contribution in [0.3, 0.4) is 0 Å². The minimum atomic E-state index is -0.368.